The quantitative estimate of drug-likeness (QED) is 0.644. The number of piperazine rings is 1. The molecule has 0 bridgehead atoms. The predicted octanol–water partition coefficient (Wildman–Crippen LogP) is -0.796. The van der Waals surface area contributed by atoms with Crippen LogP contribution in [0.1, 0.15) is 6.42 Å². The normalized spacial score (nSPS) is 34.8. The van der Waals surface area contributed by atoms with Crippen molar-refractivity contribution in [3.63, 3.8) is 0 Å². The molecule has 2 saturated heterocycles. The number of aliphatic hydroxyl groups excluding tert-OH is 1. The molecule has 2 N–H and O–H groups in total. The molecule has 2 fully saturated rings. The van der Waals surface area contributed by atoms with Gasteiger partial charge in [-0.05, 0) is 32.5 Å². The molecule has 88 valence electrons. The molecule has 4 nitrogen and oxygen atoms in total. The van der Waals surface area contributed by atoms with Gasteiger partial charge in [0.1, 0.15) is 0 Å². The molecule has 2 aliphatic rings. The summed E-state index contributed by atoms with van der Waals surface area (Å²) < 4.78 is 0. The van der Waals surface area contributed by atoms with Crippen LogP contribution < -0.4 is 5.32 Å². The number of rotatable bonds is 3. The van der Waals surface area contributed by atoms with Gasteiger partial charge in [0.2, 0.25) is 0 Å². The smallest absolute Gasteiger partial charge is 0.0599 e. The van der Waals surface area contributed by atoms with Crippen molar-refractivity contribution in [1.29, 1.82) is 0 Å². The van der Waals surface area contributed by atoms with Gasteiger partial charge < -0.3 is 15.3 Å². The average molecular weight is 213 g/mol. The molecular formula is C11H23N3O. The highest BCUT2D eigenvalue weighted by Crippen LogP contribution is 2.14. The number of likely N-dealkylation sites (N-methyl/N-ethyl adjacent to an activating group) is 1. The fourth-order valence-corrected chi connectivity index (χ4v) is 2.66. The fraction of sp³-hybridized carbons (Fsp3) is 1.00. The van der Waals surface area contributed by atoms with E-state index in [1.165, 1.54) is 13.0 Å². The summed E-state index contributed by atoms with van der Waals surface area (Å²) >= 11 is 0. The maximum atomic E-state index is 9.37. The van der Waals surface area contributed by atoms with Crippen LogP contribution in [0, 0.1) is 5.92 Å². The molecule has 0 radical (unpaired) electrons. The van der Waals surface area contributed by atoms with Gasteiger partial charge in [-0.15, -0.1) is 0 Å². The molecule has 2 unspecified atom stereocenters. The van der Waals surface area contributed by atoms with Crippen LogP contribution >= 0.6 is 0 Å². The zero-order valence-corrected chi connectivity index (χ0v) is 9.65. The lowest BCUT2D eigenvalue weighted by Crippen LogP contribution is -2.54. The van der Waals surface area contributed by atoms with E-state index in [0.717, 1.165) is 38.6 Å². The van der Waals surface area contributed by atoms with E-state index < -0.39 is 0 Å². The van der Waals surface area contributed by atoms with Crippen molar-refractivity contribution < 1.29 is 5.11 Å². The van der Waals surface area contributed by atoms with Crippen molar-refractivity contribution in [2.45, 2.75) is 12.5 Å². The van der Waals surface area contributed by atoms with Crippen LogP contribution in [-0.2, 0) is 0 Å². The second-order valence-corrected chi connectivity index (χ2v) is 4.95. The van der Waals surface area contributed by atoms with Crippen molar-refractivity contribution in [3.05, 3.63) is 0 Å². The number of nitrogens with zero attached hydrogens (tertiary/aromatic N) is 2. The van der Waals surface area contributed by atoms with Gasteiger partial charge in [-0.1, -0.05) is 0 Å². The largest absolute Gasteiger partial charge is 0.395 e. The van der Waals surface area contributed by atoms with E-state index in [1.807, 2.05) is 0 Å². The molecular weight excluding hydrogens is 190 g/mol. The first kappa shape index (κ1) is 11.3. The molecule has 2 rings (SSSR count). The molecule has 0 amide bonds. The van der Waals surface area contributed by atoms with E-state index in [9.17, 15) is 5.11 Å². The predicted molar refractivity (Wildman–Crippen MR) is 60.9 cm³/mol. The van der Waals surface area contributed by atoms with Crippen LogP contribution in [0.25, 0.3) is 0 Å². The Labute approximate surface area is 92.2 Å². The summed E-state index contributed by atoms with van der Waals surface area (Å²) in [7, 11) is 2.14. The van der Waals surface area contributed by atoms with Gasteiger partial charge in [0.25, 0.3) is 0 Å². The summed E-state index contributed by atoms with van der Waals surface area (Å²) in [4.78, 5) is 4.78. The lowest BCUT2D eigenvalue weighted by atomic mass is 10.1. The summed E-state index contributed by atoms with van der Waals surface area (Å²) in [6.45, 7) is 7.04. The second kappa shape index (κ2) is 5.25. The Morgan fingerprint density at radius 2 is 2.27 bits per heavy atom. The zero-order chi connectivity index (χ0) is 10.7. The maximum Gasteiger partial charge on any atom is 0.0599 e. The molecule has 2 atom stereocenters. The third kappa shape index (κ3) is 2.91. The highest BCUT2D eigenvalue weighted by atomic mass is 16.3. The number of aliphatic hydroxyl groups is 1. The topological polar surface area (TPSA) is 38.7 Å². The number of nitrogens with one attached hydrogen (secondary N) is 1. The lowest BCUT2D eigenvalue weighted by Gasteiger charge is -2.40. The molecule has 15 heavy (non-hydrogen) atoms. The Morgan fingerprint density at radius 3 is 2.93 bits per heavy atom. The minimum absolute atomic E-state index is 0.296. The van der Waals surface area contributed by atoms with Crippen molar-refractivity contribution in [1.82, 2.24) is 15.1 Å². The Morgan fingerprint density at radius 1 is 1.40 bits per heavy atom. The molecule has 4 heteroatoms. The SMILES string of the molecule is CN1CCN(CC2CCNC2)C(CO)C1. The van der Waals surface area contributed by atoms with E-state index in [1.54, 1.807) is 0 Å². The van der Waals surface area contributed by atoms with Crippen molar-refractivity contribution >= 4 is 0 Å². The molecule has 0 aromatic carbocycles. The van der Waals surface area contributed by atoms with E-state index in [-0.39, 0.29) is 0 Å². The van der Waals surface area contributed by atoms with E-state index >= 15 is 0 Å². The monoisotopic (exact) mass is 213 g/mol. The Hall–Kier alpha value is -0.160. The van der Waals surface area contributed by atoms with Gasteiger partial charge in [0.15, 0.2) is 0 Å². The molecule has 0 spiro atoms. The third-order valence-electron chi connectivity index (χ3n) is 3.67. The van der Waals surface area contributed by atoms with Gasteiger partial charge in [0.05, 0.1) is 6.61 Å². The van der Waals surface area contributed by atoms with Crippen LogP contribution in [0.2, 0.25) is 0 Å². The fourth-order valence-electron chi connectivity index (χ4n) is 2.66. The van der Waals surface area contributed by atoms with Gasteiger partial charge >= 0.3 is 0 Å². The summed E-state index contributed by atoms with van der Waals surface area (Å²) in [5.41, 5.74) is 0. The molecule has 0 aromatic heterocycles. The Kier molecular flexibility index (Phi) is 3.97. The van der Waals surface area contributed by atoms with E-state index in [2.05, 4.69) is 22.2 Å². The first-order valence-electron chi connectivity index (χ1n) is 6.03. The first-order valence-corrected chi connectivity index (χ1v) is 6.03. The van der Waals surface area contributed by atoms with Gasteiger partial charge in [-0.25, -0.2) is 0 Å². The van der Waals surface area contributed by atoms with Gasteiger partial charge in [0, 0.05) is 32.2 Å². The van der Waals surface area contributed by atoms with Gasteiger partial charge in [-0.3, -0.25) is 4.90 Å². The van der Waals surface area contributed by atoms with Crippen molar-refractivity contribution in [2.24, 2.45) is 5.92 Å². The summed E-state index contributed by atoms with van der Waals surface area (Å²) in [6.07, 6.45) is 1.30. The Bertz CT molecular complexity index is 194. The maximum absolute atomic E-state index is 9.37. The van der Waals surface area contributed by atoms with E-state index in [0.29, 0.717) is 12.6 Å². The zero-order valence-electron chi connectivity index (χ0n) is 9.65. The molecule has 2 aliphatic heterocycles. The standard InChI is InChI=1S/C11H23N3O/c1-13-4-5-14(11(8-13)9-15)7-10-2-3-12-6-10/h10-12,15H,2-9H2,1H3. The first-order chi connectivity index (χ1) is 7.29. The second-order valence-electron chi connectivity index (χ2n) is 4.95. The molecule has 0 aromatic rings. The van der Waals surface area contributed by atoms with Crippen LogP contribution in [0.5, 0.6) is 0 Å². The highest BCUT2D eigenvalue weighted by Gasteiger charge is 2.27. The summed E-state index contributed by atoms with van der Waals surface area (Å²) in [5.74, 6) is 0.794. The molecule has 0 aliphatic carbocycles. The van der Waals surface area contributed by atoms with Crippen LogP contribution in [0.4, 0.5) is 0 Å². The number of hydrogen-bond acceptors (Lipinski definition) is 4. The highest BCUT2D eigenvalue weighted by molar-refractivity contribution is 4.83. The lowest BCUT2D eigenvalue weighted by molar-refractivity contribution is 0.0421. The molecule has 0 saturated carbocycles. The van der Waals surface area contributed by atoms with Crippen molar-refractivity contribution in [2.75, 3.05) is 52.9 Å². The minimum atomic E-state index is 0.296. The Balaban J connectivity index is 1.83. The van der Waals surface area contributed by atoms with Crippen molar-refractivity contribution in [3.8, 4) is 0 Å². The van der Waals surface area contributed by atoms with E-state index in [4.69, 9.17) is 0 Å². The minimum Gasteiger partial charge on any atom is -0.395 e. The average Bonchev–Trinajstić information content (AvgIpc) is 2.73. The van der Waals surface area contributed by atoms with Crippen LogP contribution in [-0.4, -0.2) is 73.9 Å². The summed E-state index contributed by atoms with van der Waals surface area (Å²) in [6, 6.07) is 0.351. The van der Waals surface area contributed by atoms with Crippen LogP contribution in [0.3, 0.4) is 0 Å². The van der Waals surface area contributed by atoms with Crippen LogP contribution in [0.15, 0.2) is 0 Å². The molecule has 2 heterocycles. The van der Waals surface area contributed by atoms with Gasteiger partial charge in [-0.2, -0.15) is 0 Å². The summed E-state index contributed by atoms with van der Waals surface area (Å²) in [5, 5.41) is 12.8. The number of hydrogen-bond donors (Lipinski definition) is 2. The third-order valence-corrected chi connectivity index (χ3v) is 3.67.